The molecule has 0 unspecified atom stereocenters. The van der Waals surface area contributed by atoms with E-state index in [4.69, 9.17) is 9.15 Å². The Bertz CT molecular complexity index is 649. The number of hydrogen-bond donors (Lipinski definition) is 0. The van der Waals surface area contributed by atoms with E-state index in [2.05, 4.69) is 0 Å². The molecule has 0 saturated heterocycles. The van der Waals surface area contributed by atoms with Crippen molar-refractivity contribution in [3.8, 4) is 0 Å². The van der Waals surface area contributed by atoms with E-state index in [0.717, 1.165) is 25.7 Å². The Morgan fingerprint density at radius 2 is 2.05 bits per heavy atom. The first-order chi connectivity index (χ1) is 9.24. The zero-order valence-electron chi connectivity index (χ0n) is 10.5. The Balaban J connectivity index is 1.79. The Hall–Kier alpha value is -2.04. The predicted molar refractivity (Wildman–Crippen MR) is 68.8 cm³/mol. The number of oxazole rings is 1. The highest BCUT2D eigenvalue weighted by Gasteiger charge is 2.20. The number of fused-ring (bicyclic) bond motifs is 1. The summed E-state index contributed by atoms with van der Waals surface area (Å²) in [7, 11) is 0. The van der Waals surface area contributed by atoms with Crippen molar-refractivity contribution in [1.29, 1.82) is 0 Å². The van der Waals surface area contributed by atoms with Crippen LogP contribution >= 0.6 is 0 Å². The second-order valence-corrected chi connectivity index (χ2v) is 4.82. The lowest BCUT2D eigenvalue weighted by atomic mass is 10.3. The zero-order valence-corrected chi connectivity index (χ0v) is 10.5. The predicted octanol–water partition coefficient (Wildman–Crippen LogP) is 2.08. The van der Waals surface area contributed by atoms with E-state index in [1.54, 1.807) is 24.3 Å². The number of carbonyl (C=O) groups is 1. The molecular formula is C14H15NO4. The van der Waals surface area contributed by atoms with Crippen LogP contribution in [-0.2, 0) is 16.1 Å². The van der Waals surface area contributed by atoms with E-state index in [1.165, 1.54) is 4.57 Å². The van der Waals surface area contributed by atoms with Crippen molar-refractivity contribution >= 4 is 17.1 Å². The van der Waals surface area contributed by atoms with E-state index in [-0.39, 0.29) is 18.6 Å². The molecule has 100 valence electrons. The molecule has 0 aliphatic heterocycles. The van der Waals surface area contributed by atoms with Crippen LogP contribution in [0.4, 0.5) is 0 Å². The van der Waals surface area contributed by atoms with Crippen LogP contribution in [0.2, 0.25) is 0 Å². The van der Waals surface area contributed by atoms with Gasteiger partial charge in [0, 0.05) is 0 Å². The quantitative estimate of drug-likeness (QED) is 0.794. The molecule has 5 nitrogen and oxygen atoms in total. The largest absolute Gasteiger partial charge is 0.461 e. The maximum Gasteiger partial charge on any atom is 0.420 e. The molecule has 1 aliphatic rings. The molecule has 1 heterocycles. The lowest BCUT2D eigenvalue weighted by Gasteiger charge is -2.11. The maximum absolute atomic E-state index is 11.8. The second-order valence-electron chi connectivity index (χ2n) is 4.82. The first-order valence-electron chi connectivity index (χ1n) is 6.52. The van der Waals surface area contributed by atoms with Gasteiger partial charge in [0.2, 0.25) is 0 Å². The Morgan fingerprint density at radius 1 is 1.32 bits per heavy atom. The average molecular weight is 261 g/mol. The molecule has 5 heteroatoms. The molecule has 1 aromatic carbocycles. The van der Waals surface area contributed by atoms with E-state index >= 15 is 0 Å². The van der Waals surface area contributed by atoms with Crippen molar-refractivity contribution in [2.24, 2.45) is 0 Å². The highest BCUT2D eigenvalue weighted by atomic mass is 16.5. The molecule has 0 bridgehead atoms. The first kappa shape index (κ1) is 12.0. The molecule has 1 aliphatic carbocycles. The average Bonchev–Trinajstić information content (AvgIpc) is 2.99. The third-order valence-corrected chi connectivity index (χ3v) is 3.46. The molecule has 19 heavy (non-hydrogen) atoms. The number of rotatable bonds is 3. The first-order valence-corrected chi connectivity index (χ1v) is 6.52. The smallest absolute Gasteiger partial charge is 0.420 e. The molecule has 1 saturated carbocycles. The maximum atomic E-state index is 11.8. The molecule has 0 N–H and O–H groups in total. The van der Waals surface area contributed by atoms with E-state index < -0.39 is 5.76 Å². The summed E-state index contributed by atoms with van der Waals surface area (Å²) in [5.41, 5.74) is 1.11. The molecular weight excluding hydrogens is 246 g/mol. The molecule has 2 aromatic rings. The summed E-state index contributed by atoms with van der Waals surface area (Å²) >= 11 is 0. The number of nitrogens with zero attached hydrogens (tertiary/aromatic N) is 1. The van der Waals surface area contributed by atoms with Gasteiger partial charge in [-0.05, 0) is 37.8 Å². The van der Waals surface area contributed by atoms with Crippen LogP contribution in [0.25, 0.3) is 11.1 Å². The van der Waals surface area contributed by atoms with Crippen molar-refractivity contribution in [2.45, 2.75) is 38.3 Å². The fourth-order valence-electron chi connectivity index (χ4n) is 2.52. The number of benzene rings is 1. The molecule has 0 spiro atoms. The van der Waals surface area contributed by atoms with E-state index in [1.807, 2.05) is 0 Å². The number of esters is 1. The van der Waals surface area contributed by atoms with Crippen LogP contribution in [0, 0.1) is 0 Å². The number of carbonyl (C=O) groups excluding carboxylic acids is 1. The number of ether oxygens (including phenoxy) is 1. The Morgan fingerprint density at radius 3 is 2.84 bits per heavy atom. The SMILES string of the molecule is O=C(Cn1c(=O)oc2ccccc21)OC1CCCC1. The lowest BCUT2D eigenvalue weighted by molar-refractivity contribution is -0.149. The van der Waals surface area contributed by atoms with Gasteiger partial charge in [-0.25, -0.2) is 4.79 Å². The molecule has 0 amide bonds. The van der Waals surface area contributed by atoms with Crippen LogP contribution in [-0.4, -0.2) is 16.6 Å². The fourth-order valence-corrected chi connectivity index (χ4v) is 2.52. The number of aromatic nitrogens is 1. The molecule has 0 radical (unpaired) electrons. The van der Waals surface area contributed by atoms with Crippen LogP contribution in [0.5, 0.6) is 0 Å². The van der Waals surface area contributed by atoms with Gasteiger partial charge < -0.3 is 9.15 Å². The fraction of sp³-hybridized carbons (Fsp3) is 0.429. The van der Waals surface area contributed by atoms with E-state index in [9.17, 15) is 9.59 Å². The zero-order chi connectivity index (χ0) is 13.2. The lowest BCUT2D eigenvalue weighted by Crippen LogP contribution is -2.24. The van der Waals surface area contributed by atoms with Gasteiger partial charge in [-0.3, -0.25) is 9.36 Å². The van der Waals surface area contributed by atoms with Gasteiger partial charge in [0.05, 0.1) is 5.52 Å². The minimum Gasteiger partial charge on any atom is -0.461 e. The molecule has 1 fully saturated rings. The summed E-state index contributed by atoms with van der Waals surface area (Å²) in [4.78, 5) is 23.5. The molecule has 0 atom stereocenters. The van der Waals surface area contributed by atoms with Crippen LogP contribution in [0.1, 0.15) is 25.7 Å². The Labute approximate surface area is 109 Å². The van der Waals surface area contributed by atoms with Crippen LogP contribution < -0.4 is 5.76 Å². The normalized spacial score (nSPS) is 16.0. The second kappa shape index (κ2) is 4.91. The summed E-state index contributed by atoms with van der Waals surface area (Å²) in [6.07, 6.45) is 4.07. The van der Waals surface area contributed by atoms with Gasteiger partial charge in [0.25, 0.3) is 0 Å². The summed E-state index contributed by atoms with van der Waals surface area (Å²) in [6.45, 7) is -0.0909. The van der Waals surface area contributed by atoms with Crippen LogP contribution in [0.15, 0.2) is 33.5 Å². The van der Waals surface area contributed by atoms with Gasteiger partial charge in [-0.15, -0.1) is 0 Å². The number of para-hydroxylation sites is 2. The third kappa shape index (κ3) is 2.41. The monoisotopic (exact) mass is 261 g/mol. The molecule has 1 aromatic heterocycles. The summed E-state index contributed by atoms with van der Waals surface area (Å²) in [5, 5.41) is 0. The topological polar surface area (TPSA) is 61.4 Å². The van der Waals surface area contributed by atoms with Crippen molar-refractivity contribution in [3.63, 3.8) is 0 Å². The van der Waals surface area contributed by atoms with Crippen LogP contribution in [0.3, 0.4) is 0 Å². The van der Waals surface area contributed by atoms with Crippen molar-refractivity contribution in [3.05, 3.63) is 34.8 Å². The third-order valence-electron chi connectivity index (χ3n) is 3.46. The summed E-state index contributed by atoms with van der Waals surface area (Å²) in [6, 6.07) is 7.04. The van der Waals surface area contributed by atoms with Crippen molar-refractivity contribution in [2.75, 3.05) is 0 Å². The van der Waals surface area contributed by atoms with Gasteiger partial charge in [0.15, 0.2) is 5.58 Å². The number of hydrogen-bond acceptors (Lipinski definition) is 4. The van der Waals surface area contributed by atoms with Gasteiger partial charge in [-0.2, -0.15) is 0 Å². The van der Waals surface area contributed by atoms with Crippen molar-refractivity contribution < 1.29 is 13.9 Å². The van der Waals surface area contributed by atoms with E-state index in [0.29, 0.717) is 11.1 Å². The highest BCUT2D eigenvalue weighted by Crippen LogP contribution is 2.21. The summed E-state index contributed by atoms with van der Waals surface area (Å²) in [5.74, 6) is -0.898. The minimum atomic E-state index is -0.524. The van der Waals surface area contributed by atoms with Gasteiger partial charge in [-0.1, -0.05) is 12.1 Å². The Kier molecular flexibility index (Phi) is 3.11. The highest BCUT2D eigenvalue weighted by molar-refractivity contribution is 5.76. The van der Waals surface area contributed by atoms with Gasteiger partial charge >= 0.3 is 11.7 Å². The van der Waals surface area contributed by atoms with Crippen molar-refractivity contribution in [1.82, 2.24) is 4.57 Å². The summed E-state index contributed by atoms with van der Waals surface area (Å²) < 4.78 is 11.7. The molecule has 3 rings (SSSR count). The van der Waals surface area contributed by atoms with Gasteiger partial charge in [0.1, 0.15) is 12.6 Å². The standard InChI is InChI=1S/C14H15NO4/c16-13(18-10-5-1-2-6-10)9-15-11-7-3-4-8-12(11)19-14(15)17/h3-4,7-8,10H,1-2,5-6,9H2. The minimum absolute atomic E-state index is 0.0152.